The van der Waals surface area contributed by atoms with Crippen molar-refractivity contribution in [3.05, 3.63) is 83.8 Å². The number of piperidine rings is 1. The molecule has 35 heavy (non-hydrogen) atoms. The average molecular weight is 472 g/mol. The Labute approximate surface area is 202 Å². The first-order valence-corrected chi connectivity index (χ1v) is 11.7. The standard InChI is InChI=1S/C27H26FN5O2/c1-18(34)30-22-10-12-32(13-11-22)27(35)23-15-25(20-7-3-2-4-8-20)31-26-24(23)16-29-33(26)17-19-6-5-9-21(28)14-19/h2-9,14-16,22H,10-13,17H2,1H3,(H,30,34). The first-order valence-electron chi connectivity index (χ1n) is 11.7. The largest absolute Gasteiger partial charge is 0.353 e. The van der Waals surface area contributed by atoms with E-state index in [1.165, 1.54) is 19.1 Å². The van der Waals surface area contributed by atoms with Gasteiger partial charge in [-0.05, 0) is 36.6 Å². The normalized spacial score (nSPS) is 14.3. The number of fused-ring (bicyclic) bond motifs is 1. The summed E-state index contributed by atoms with van der Waals surface area (Å²) < 4.78 is 15.5. The van der Waals surface area contributed by atoms with E-state index in [0.29, 0.717) is 54.8 Å². The van der Waals surface area contributed by atoms with Crippen molar-refractivity contribution < 1.29 is 14.0 Å². The fourth-order valence-corrected chi connectivity index (χ4v) is 4.59. The highest BCUT2D eigenvalue weighted by Crippen LogP contribution is 2.27. The maximum Gasteiger partial charge on any atom is 0.254 e. The zero-order chi connectivity index (χ0) is 24.4. The molecule has 0 bridgehead atoms. The maximum atomic E-state index is 13.7. The lowest BCUT2D eigenvalue weighted by Crippen LogP contribution is -2.46. The Bertz CT molecular complexity index is 1380. The van der Waals surface area contributed by atoms with E-state index in [1.54, 1.807) is 16.9 Å². The van der Waals surface area contributed by atoms with Gasteiger partial charge in [0.05, 0.1) is 29.4 Å². The van der Waals surface area contributed by atoms with Crippen molar-refractivity contribution in [3.63, 3.8) is 0 Å². The van der Waals surface area contributed by atoms with Crippen LogP contribution in [0.4, 0.5) is 4.39 Å². The zero-order valence-electron chi connectivity index (χ0n) is 19.4. The molecule has 1 aliphatic rings. The molecule has 178 valence electrons. The summed E-state index contributed by atoms with van der Waals surface area (Å²) in [5.41, 5.74) is 3.45. The molecule has 1 aliphatic heterocycles. The predicted molar refractivity (Wildman–Crippen MR) is 131 cm³/mol. The second kappa shape index (κ2) is 9.66. The average Bonchev–Trinajstić information content (AvgIpc) is 3.26. The van der Waals surface area contributed by atoms with Crippen LogP contribution in [-0.4, -0.2) is 50.6 Å². The Kier molecular flexibility index (Phi) is 6.27. The number of aromatic nitrogens is 3. The molecule has 1 saturated heterocycles. The molecule has 2 aromatic heterocycles. The minimum Gasteiger partial charge on any atom is -0.353 e. The molecule has 0 unspecified atom stereocenters. The van der Waals surface area contributed by atoms with E-state index in [9.17, 15) is 14.0 Å². The van der Waals surface area contributed by atoms with Gasteiger partial charge in [0.1, 0.15) is 5.82 Å². The van der Waals surface area contributed by atoms with Crippen LogP contribution >= 0.6 is 0 Å². The Hall–Kier alpha value is -4.07. The molecule has 5 rings (SSSR count). The van der Waals surface area contributed by atoms with Crippen LogP contribution in [0.2, 0.25) is 0 Å². The highest BCUT2D eigenvalue weighted by molar-refractivity contribution is 6.06. The third kappa shape index (κ3) is 4.91. The topological polar surface area (TPSA) is 80.1 Å². The van der Waals surface area contributed by atoms with Crippen LogP contribution in [0.1, 0.15) is 35.7 Å². The van der Waals surface area contributed by atoms with E-state index in [4.69, 9.17) is 4.98 Å². The molecule has 4 aromatic rings. The smallest absolute Gasteiger partial charge is 0.254 e. The van der Waals surface area contributed by atoms with Crippen molar-refractivity contribution in [2.24, 2.45) is 0 Å². The molecule has 3 heterocycles. The van der Waals surface area contributed by atoms with Gasteiger partial charge >= 0.3 is 0 Å². The molecule has 2 amide bonds. The van der Waals surface area contributed by atoms with Gasteiger partial charge in [-0.1, -0.05) is 42.5 Å². The fraction of sp³-hybridized carbons (Fsp3) is 0.259. The summed E-state index contributed by atoms with van der Waals surface area (Å²) >= 11 is 0. The molecular weight excluding hydrogens is 445 g/mol. The maximum absolute atomic E-state index is 13.7. The minimum absolute atomic E-state index is 0.0520. The zero-order valence-corrected chi connectivity index (χ0v) is 19.4. The third-order valence-electron chi connectivity index (χ3n) is 6.32. The molecule has 1 N–H and O–H groups in total. The van der Waals surface area contributed by atoms with E-state index in [-0.39, 0.29) is 23.7 Å². The number of amides is 2. The number of rotatable bonds is 5. The molecule has 0 saturated carbocycles. The lowest BCUT2D eigenvalue weighted by Gasteiger charge is -2.32. The fourth-order valence-electron chi connectivity index (χ4n) is 4.59. The van der Waals surface area contributed by atoms with Crippen molar-refractivity contribution in [2.45, 2.75) is 32.4 Å². The van der Waals surface area contributed by atoms with Gasteiger partial charge < -0.3 is 10.2 Å². The van der Waals surface area contributed by atoms with Gasteiger partial charge in [0.2, 0.25) is 5.91 Å². The number of benzene rings is 2. The van der Waals surface area contributed by atoms with Crippen LogP contribution in [0.25, 0.3) is 22.3 Å². The van der Waals surface area contributed by atoms with Gasteiger partial charge in [0.25, 0.3) is 5.91 Å². The molecule has 2 aromatic carbocycles. The lowest BCUT2D eigenvalue weighted by molar-refractivity contribution is -0.119. The van der Waals surface area contributed by atoms with E-state index in [0.717, 1.165) is 11.1 Å². The van der Waals surface area contributed by atoms with Crippen molar-refractivity contribution in [1.29, 1.82) is 0 Å². The number of carbonyl (C=O) groups excluding carboxylic acids is 2. The van der Waals surface area contributed by atoms with Crippen molar-refractivity contribution >= 4 is 22.8 Å². The second-order valence-electron chi connectivity index (χ2n) is 8.86. The molecule has 0 spiro atoms. The van der Waals surface area contributed by atoms with Gasteiger partial charge in [-0.15, -0.1) is 0 Å². The predicted octanol–water partition coefficient (Wildman–Crippen LogP) is 4.03. The summed E-state index contributed by atoms with van der Waals surface area (Å²) in [6.45, 7) is 2.97. The lowest BCUT2D eigenvalue weighted by atomic mass is 10.0. The molecular formula is C27H26FN5O2. The van der Waals surface area contributed by atoms with Crippen LogP contribution in [0.5, 0.6) is 0 Å². The van der Waals surface area contributed by atoms with Crippen LogP contribution in [0.3, 0.4) is 0 Å². The molecule has 1 fully saturated rings. The van der Waals surface area contributed by atoms with Crippen LogP contribution in [-0.2, 0) is 11.3 Å². The van der Waals surface area contributed by atoms with Gasteiger partial charge in [0, 0.05) is 31.6 Å². The Balaban J connectivity index is 1.52. The summed E-state index contributed by atoms with van der Waals surface area (Å²) in [6, 6.07) is 18.0. The Morgan fingerprint density at radius 2 is 1.83 bits per heavy atom. The van der Waals surface area contributed by atoms with Gasteiger partial charge in [-0.3, -0.25) is 9.59 Å². The number of hydrogen-bond donors (Lipinski definition) is 1. The van der Waals surface area contributed by atoms with Crippen molar-refractivity contribution in [1.82, 2.24) is 25.0 Å². The SMILES string of the molecule is CC(=O)NC1CCN(C(=O)c2cc(-c3ccccc3)nc3c2cnn3Cc2cccc(F)c2)CC1. The van der Waals surface area contributed by atoms with Crippen molar-refractivity contribution in [2.75, 3.05) is 13.1 Å². The Morgan fingerprint density at radius 3 is 2.54 bits per heavy atom. The van der Waals surface area contributed by atoms with Gasteiger partial charge in [-0.25, -0.2) is 14.1 Å². The minimum atomic E-state index is -0.310. The first kappa shape index (κ1) is 22.7. The van der Waals surface area contributed by atoms with Crippen LogP contribution in [0, 0.1) is 5.82 Å². The summed E-state index contributed by atoms with van der Waals surface area (Å²) in [5.74, 6) is -0.444. The quantitative estimate of drug-likeness (QED) is 0.477. The summed E-state index contributed by atoms with van der Waals surface area (Å²) in [6.07, 6.45) is 3.08. The van der Waals surface area contributed by atoms with E-state index in [1.807, 2.05) is 47.4 Å². The second-order valence-corrected chi connectivity index (χ2v) is 8.86. The van der Waals surface area contributed by atoms with Gasteiger partial charge in [0.15, 0.2) is 5.65 Å². The third-order valence-corrected chi connectivity index (χ3v) is 6.32. The van der Waals surface area contributed by atoms with E-state index >= 15 is 0 Å². The highest BCUT2D eigenvalue weighted by Gasteiger charge is 2.26. The molecule has 0 aliphatic carbocycles. The number of pyridine rings is 1. The monoisotopic (exact) mass is 471 g/mol. The number of likely N-dealkylation sites (tertiary alicyclic amines) is 1. The van der Waals surface area contributed by atoms with Crippen molar-refractivity contribution in [3.8, 4) is 11.3 Å². The number of hydrogen-bond acceptors (Lipinski definition) is 4. The van der Waals surface area contributed by atoms with Crippen LogP contribution in [0.15, 0.2) is 66.9 Å². The van der Waals surface area contributed by atoms with Crippen LogP contribution < -0.4 is 5.32 Å². The number of carbonyl (C=O) groups is 2. The number of nitrogens with one attached hydrogen (secondary N) is 1. The number of nitrogens with zero attached hydrogens (tertiary/aromatic N) is 4. The molecule has 0 radical (unpaired) electrons. The summed E-state index contributed by atoms with van der Waals surface area (Å²) in [4.78, 5) is 31.7. The number of halogens is 1. The molecule has 8 heteroatoms. The van der Waals surface area contributed by atoms with E-state index in [2.05, 4.69) is 10.4 Å². The summed E-state index contributed by atoms with van der Waals surface area (Å²) in [7, 11) is 0. The summed E-state index contributed by atoms with van der Waals surface area (Å²) in [5, 5.41) is 8.11. The van der Waals surface area contributed by atoms with E-state index < -0.39 is 0 Å². The first-order chi connectivity index (χ1) is 17.0. The Morgan fingerprint density at radius 1 is 1.06 bits per heavy atom. The van der Waals surface area contributed by atoms with Gasteiger partial charge in [-0.2, -0.15) is 5.10 Å². The highest BCUT2D eigenvalue weighted by atomic mass is 19.1. The molecule has 0 atom stereocenters. The molecule has 7 nitrogen and oxygen atoms in total.